The van der Waals surface area contributed by atoms with Crippen LogP contribution in [0.3, 0.4) is 0 Å². The molecule has 0 amide bonds. The lowest BCUT2D eigenvalue weighted by molar-refractivity contribution is 0.626. The Morgan fingerprint density at radius 3 is 2.93 bits per heavy atom. The highest BCUT2D eigenvalue weighted by molar-refractivity contribution is 9.09. The number of rotatable bonds is 3. The molecular formula is C9H11BrN4S. The average molecular weight is 287 g/mol. The summed E-state index contributed by atoms with van der Waals surface area (Å²) in [6.07, 6.45) is 3.68. The van der Waals surface area contributed by atoms with Crippen LogP contribution in [0.25, 0.3) is 0 Å². The maximum atomic E-state index is 4.22. The first-order valence-electron chi connectivity index (χ1n) is 4.60. The standard InChI is InChI=1S/C9H11BrN4S/c1-6(10)9-4-12-13-14(9)5-8-3-11-7(2)15-8/h3-4,6H,5H2,1-2H3. The van der Waals surface area contributed by atoms with Crippen LogP contribution in [-0.2, 0) is 6.54 Å². The number of aryl methyl sites for hydroxylation is 1. The Balaban J connectivity index is 2.20. The van der Waals surface area contributed by atoms with E-state index in [-0.39, 0.29) is 4.83 Å². The minimum atomic E-state index is 0.265. The van der Waals surface area contributed by atoms with E-state index in [4.69, 9.17) is 0 Å². The zero-order valence-corrected chi connectivity index (χ0v) is 10.9. The first-order valence-corrected chi connectivity index (χ1v) is 6.34. The zero-order valence-electron chi connectivity index (χ0n) is 8.51. The van der Waals surface area contributed by atoms with Crippen molar-refractivity contribution in [3.63, 3.8) is 0 Å². The third kappa shape index (κ3) is 2.43. The maximum absolute atomic E-state index is 4.22. The van der Waals surface area contributed by atoms with Gasteiger partial charge in [0, 0.05) is 11.1 Å². The number of nitrogens with zero attached hydrogens (tertiary/aromatic N) is 4. The van der Waals surface area contributed by atoms with Crippen molar-refractivity contribution in [2.75, 3.05) is 0 Å². The first-order chi connectivity index (χ1) is 7.16. The molecule has 0 aliphatic rings. The van der Waals surface area contributed by atoms with Gasteiger partial charge in [0.2, 0.25) is 0 Å². The molecule has 2 rings (SSSR count). The van der Waals surface area contributed by atoms with Crippen molar-refractivity contribution >= 4 is 27.3 Å². The molecule has 6 heteroatoms. The molecule has 15 heavy (non-hydrogen) atoms. The van der Waals surface area contributed by atoms with E-state index in [2.05, 4.69) is 38.1 Å². The van der Waals surface area contributed by atoms with E-state index in [0.29, 0.717) is 0 Å². The predicted molar refractivity (Wildman–Crippen MR) is 63.3 cm³/mol. The summed E-state index contributed by atoms with van der Waals surface area (Å²) in [6, 6.07) is 0. The van der Waals surface area contributed by atoms with Crippen LogP contribution in [-0.4, -0.2) is 20.0 Å². The minimum absolute atomic E-state index is 0.265. The lowest BCUT2D eigenvalue weighted by atomic mass is 10.3. The third-order valence-electron chi connectivity index (χ3n) is 2.03. The quantitative estimate of drug-likeness (QED) is 0.815. The van der Waals surface area contributed by atoms with Gasteiger partial charge in [-0.15, -0.1) is 16.4 Å². The van der Waals surface area contributed by atoms with Gasteiger partial charge in [-0.2, -0.15) is 0 Å². The van der Waals surface area contributed by atoms with Crippen LogP contribution in [0.5, 0.6) is 0 Å². The highest BCUT2D eigenvalue weighted by Crippen LogP contribution is 2.21. The number of hydrogen-bond acceptors (Lipinski definition) is 4. The Morgan fingerprint density at radius 1 is 1.53 bits per heavy atom. The molecule has 0 N–H and O–H groups in total. The number of thiazole rings is 1. The van der Waals surface area contributed by atoms with E-state index in [9.17, 15) is 0 Å². The molecule has 0 aliphatic carbocycles. The van der Waals surface area contributed by atoms with E-state index < -0.39 is 0 Å². The summed E-state index contributed by atoms with van der Waals surface area (Å²) in [7, 11) is 0. The molecule has 2 heterocycles. The van der Waals surface area contributed by atoms with Crippen molar-refractivity contribution in [2.24, 2.45) is 0 Å². The molecule has 4 nitrogen and oxygen atoms in total. The summed E-state index contributed by atoms with van der Waals surface area (Å²) >= 11 is 5.21. The number of hydrogen-bond donors (Lipinski definition) is 0. The van der Waals surface area contributed by atoms with Gasteiger partial charge in [0.05, 0.1) is 28.3 Å². The first kappa shape index (κ1) is 10.8. The van der Waals surface area contributed by atoms with E-state index in [0.717, 1.165) is 17.2 Å². The molecule has 2 aromatic heterocycles. The van der Waals surface area contributed by atoms with Gasteiger partial charge < -0.3 is 0 Å². The van der Waals surface area contributed by atoms with Gasteiger partial charge >= 0.3 is 0 Å². The second kappa shape index (κ2) is 4.40. The van der Waals surface area contributed by atoms with Gasteiger partial charge in [-0.1, -0.05) is 21.1 Å². The molecule has 0 saturated carbocycles. The van der Waals surface area contributed by atoms with Gasteiger partial charge in [0.15, 0.2) is 0 Å². The lowest BCUT2D eigenvalue weighted by Crippen LogP contribution is -2.05. The van der Waals surface area contributed by atoms with Crippen molar-refractivity contribution in [2.45, 2.75) is 25.2 Å². The zero-order chi connectivity index (χ0) is 10.8. The second-order valence-electron chi connectivity index (χ2n) is 3.28. The second-order valence-corrected chi connectivity index (χ2v) is 5.97. The van der Waals surface area contributed by atoms with Crippen molar-refractivity contribution in [3.05, 3.63) is 28.0 Å². The Kier molecular flexibility index (Phi) is 3.16. The molecule has 0 aromatic carbocycles. The fourth-order valence-corrected chi connectivity index (χ4v) is 2.45. The van der Waals surface area contributed by atoms with Crippen molar-refractivity contribution in [3.8, 4) is 0 Å². The highest BCUT2D eigenvalue weighted by Gasteiger charge is 2.10. The van der Waals surface area contributed by atoms with Gasteiger partial charge in [0.25, 0.3) is 0 Å². The van der Waals surface area contributed by atoms with Crippen molar-refractivity contribution in [1.82, 2.24) is 20.0 Å². The summed E-state index contributed by atoms with van der Waals surface area (Å²) in [5, 5.41) is 9.05. The smallest absolute Gasteiger partial charge is 0.0897 e. The monoisotopic (exact) mass is 286 g/mol. The van der Waals surface area contributed by atoms with Crippen LogP contribution in [0.1, 0.15) is 27.3 Å². The molecule has 0 bridgehead atoms. The minimum Gasteiger partial charge on any atom is -0.250 e. The summed E-state index contributed by atoms with van der Waals surface area (Å²) < 4.78 is 1.90. The van der Waals surface area contributed by atoms with Crippen LogP contribution in [0, 0.1) is 6.92 Å². The van der Waals surface area contributed by atoms with Crippen LogP contribution in [0.4, 0.5) is 0 Å². The van der Waals surface area contributed by atoms with Crippen molar-refractivity contribution < 1.29 is 0 Å². The molecule has 0 radical (unpaired) electrons. The van der Waals surface area contributed by atoms with Crippen LogP contribution in [0.15, 0.2) is 12.4 Å². The molecule has 1 unspecified atom stereocenters. The fraction of sp³-hybridized carbons (Fsp3) is 0.444. The van der Waals surface area contributed by atoms with Crippen LogP contribution < -0.4 is 0 Å². The summed E-state index contributed by atoms with van der Waals surface area (Å²) in [5.41, 5.74) is 1.08. The molecule has 0 aliphatic heterocycles. The van der Waals surface area contributed by atoms with Gasteiger partial charge in [-0.3, -0.25) is 0 Å². The van der Waals surface area contributed by atoms with Gasteiger partial charge in [-0.25, -0.2) is 9.67 Å². The maximum Gasteiger partial charge on any atom is 0.0897 e. The Morgan fingerprint density at radius 2 is 2.33 bits per heavy atom. The lowest BCUT2D eigenvalue weighted by Gasteiger charge is -2.05. The van der Waals surface area contributed by atoms with Gasteiger partial charge in [-0.05, 0) is 13.8 Å². The highest BCUT2D eigenvalue weighted by atomic mass is 79.9. The number of aromatic nitrogens is 4. The third-order valence-corrected chi connectivity index (χ3v) is 3.40. The van der Waals surface area contributed by atoms with E-state index in [1.807, 2.05) is 17.8 Å². The molecule has 0 fully saturated rings. The predicted octanol–water partition coefficient (Wildman–Crippen LogP) is 2.55. The summed E-state index contributed by atoms with van der Waals surface area (Å²) in [5.74, 6) is 0. The van der Waals surface area contributed by atoms with Crippen molar-refractivity contribution in [1.29, 1.82) is 0 Å². The van der Waals surface area contributed by atoms with Gasteiger partial charge in [0.1, 0.15) is 0 Å². The summed E-state index contributed by atoms with van der Waals surface area (Å²) in [6.45, 7) is 4.81. The molecular weight excluding hydrogens is 276 g/mol. The van der Waals surface area contributed by atoms with Crippen LogP contribution in [0.2, 0.25) is 0 Å². The molecule has 1 atom stereocenters. The SMILES string of the molecule is Cc1ncc(Cn2nncc2C(C)Br)s1. The fourth-order valence-electron chi connectivity index (χ4n) is 1.32. The average Bonchev–Trinajstić information content (AvgIpc) is 2.75. The normalized spacial score (nSPS) is 13.0. The van der Waals surface area contributed by atoms with E-state index >= 15 is 0 Å². The largest absolute Gasteiger partial charge is 0.250 e. The molecule has 80 valence electrons. The topological polar surface area (TPSA) is 43.6 Å². The molecule has 0 spiro atoms. The number of halogens is 1. The number of alkyl halides is 1. The van der Waals surface area contributed by atoms with E-state index in [1.165, 1.54) is 4.88 Å². The Hall–Kier alpha value is -0.750. The molecule has 0 saturated heterocycles. The molecule has 2 aromatic rings. The van der Waals surface area contributed by atoms with Crippen LogP contribution >= 0.6 is 27.3 Å². The van der Waals surface area contributed by atoms with E-state index in [1.54, 1.807) is 17.5 Å². The Bertz CT molecular complexity index is 448. The Labute approximate surface area is 100 Å². The summed E-state index contributed by atoms with van der Waals surface area (Å²) in [4.78, 5) is 5.68.